The minimum Gasteiger partial charge on any atom is -0.394 e. The zero-order chi connectivity index (χ0) is 27.4. The van der Waals surface area contributed by atoms with Gasteiger partial charge < -0.3 is 35.1 Å². The number of morpholine rings is 1. The van der Waals surface area contributed by atoms with E-state index in [1.807, 2.05) is 48.0 Å². The third kappa shape index (κ3) is 5.84. The number of nitrogens with zero attached hydrogens (tertiary/aromatic N) is 4. The molecular weight excluding hydrogens is 498 g/mol. The molecule has 0 aliphatic carbocycles. The van der Waals surface area contributed by atoms with Crippen LogP contribution >= 0.6 is 0 Å². The van der Waals surface area contributed by atoms with Crippen LogP contribution in [0.1, 0.15) is 22.8 Å². The van der Waals surface area contributed by atoms with Crippen molar-refractivity contribution in [2.45, 2.75) is 19.9 Å². The number of hydrogen-bond donors (Lipinski definition) is 4. The second-order valence-corrected chi connectivity index (χ2v) is 9.42. The monoisotopic (exact) mass is 529 g/mol. The second-order valence-electron chi connectivity index (χ2n) is 9.42. The highest BCUT2D eigenvalue weighted by Crippen LogP contribution is 2.32. The molecule has 0 spiro atoms. The second kappa shape index (κ2) is 11.5. The lowest BCUT2D eigenvalue weighted by Crippen LogP contribution is -2.40. The van der Waals surface area contributed by atoms with Gasteiger partial charge in [0.1, 0.15) is 5.82 Å². The van der Waals surface area contributed by atoms with Crippen LogP contribution in [0.3, 0.4) is 0 Å². The molecule has 3 amide bonds. The summed E-state index contributed by atoms with van der Waals surface area (Å²) in [5, 5.41) is 18.1. The molecule has 39 heavy (non-hydrogen) atoms. The number of pyridine rings is 2. The van der Waals surface area contributed by atoms with Crippen LogP contribution < -0.4 is 16.0 Å². The van der Waals surface area contributed by atoms with Crippen molar-refractivity contribution >= 4 is 34.8 Å². The molecule has 3 aromatic heterocycles. The molecule has 11 nitrogen and oxygen atoms in total. The lowest BCUT2D eigenvalue weighted by Gasteiger charge is -2.26. The number of rotatable bonds is 7. The largest absolute Gasteiger partial charge is 0.394 e. The maximum Gasteiger partial charge on any atom is 0.319 e. The van der Waals surface area contributed by atoms with Crippen LogP contribution in [0.25, 0.3) is 16.8 Å². The van der Waals surface area contributed by atoms with E-state index in [1.165, 1.54) is 0 Å². The maximum absolute atomic E-state index is 12.8. The van der Waals surface area contributed by atoms with Gasteiger partial charge in [0.15, 0.2) is 5.65 Å². The number of aliphatic hydroxyl groups is 1. The van der Waals surface area contributed by atoms with Crippen LogP contribution in [0, 0.1) is 6.92 Å². The molecule has 0 radical (unpaired) electrons. The Morgan fingerprint density at radius 1 is 1.13 bits per heavy atom. The summed E-state index contributed by atoms with van der Waals surface area (Å²) in [5.74, 6) is 0.524. The Labute approximate surface area is 225 Å². The maximum atomic E-state index is 12.8. The number of aromatic nitrogens is 3. The first-order valence-electron chi connectivity index (χ1n) is 12.8. The van der Waals surface area contributed by atoms with Crippen LogP contribution in [0.4, 0.5) is 22.0 Å². The van der Waals surface area contributed by atoms with Crippen LogP contribution in [0.5, 0.6) is 0 Å². The number of amides is 3. The van der Waals surface area contributed by atoms with E-state index in [2.05, 4.69) is 25.9 Å². The average molecular weight is 530 g/mol. The number of hydrogen-bond acceptors (Lipinski definition) is 7. The van der Waals surface area contributed by atoms with Gasteiger partial charge in [-0.05, 0) is 49.2 Å². The lowest BCUT2D eigenvalue weighted by molar-refractivity contribution is 0.0302. The van der Waals surface area contributed by atoms with Gasteiger partial charge in [-0.25, -0.2) is 14.8 Å². The van der Waals surface area contributed by atoms with Crippen LogP contribution in [0.15, 0.2) is 61.2 Å². The average Bonchev–Trinajstić information content (AvgIpc) is 3.44. The van der Waals surface area contributed by atoms with Crippen molar-refractivity contribution in [1.29, 1.82) is 0 Å². The van der Waals surface area contributed by atoms with E-state index in [-0.39, 0.29) is 24.6 Å². The van der Waals surface area contributed by atoms with Gasteiger partial charge in [0.25, 0.3) is 5.91 Å². The summed E-state index contributed by atoms with van der Waals surface area (Å²) < 4.78 is 7.25. The number of anilines is 3. The number of aliphatic hydroxyl groups excluding tert-OH is 1. The molecule has 4 N–H and O–H groups in total. The standard InChI is InChI=1S/C28H31N7O4/c1-18(17-36)31-28(38)33-23-5-3-4-22(19(23)2)21-14-24(26-29-8-9-35(26)16-21)32-25-7-6-20(15-30-25)27(37)34-10-12-39-13-11-34/h3-9,14-16,18,36H,10-13,17H2,1-2H3,(H,30,32)(H2,31,33,38)/t18-/m0/s1. The number of imidazole rings is 1. The summed E-state index contributed by atoms with van der Waals surface area (Å²) in [6.45, 7) is 5.76. The van der Waals surface area contributed by atoms with Crippen molar-refractivity contribution < 1.29 is 19.4 Å². The fraction of sp³-hybridized carbons (Fsp3) is 0.286. The van der Waals surface area contributed by atoms with E-state index < -0.39 is 0 Å². The first-order chi connectivity index (χ1) is 18.9. The highest BCUT2D eigenvalue weighted by Gasteiger charge is 2.19. The molecule has 1 aliphatic rings. The van der Waals surface area contributed by atoms with E-state index >= 15 is 0 Å². The summed E-state index contributed by atoms with van der Waals surface area (Å²) in [7, 11) is 0. The third-order valence-electron chi connectivity index (χ3n) is 6.60. The quantitative estimate of drug-likeness (QED) is 0.288. The highest BCUT2D eigenvalue weighted by atomic mass is 16.5. The molecule has 11 heteroatoms. The first kappa shape index (κ1) is 26.1. The first-order valence-corrected chi connectivity index (χ1v) is 12.8. The Hall–Kier alpha value is -4.48. The van der Waals surface area contributed by atoms with Crippen LogP contribution in [-0.2, 0) is 4.74 Å². The van der Waals surface area contributed by atoms with Gasteiger partial charge >= 0.3 is 6.03 Å². The minimum atomic E-state index is -0.383. The Kier molecular flexibility index (Phi) is 7.71. The van der Waals surface area contributed by atoms with Crippen molar-refractivity contribution in [3.63, 3.8) is 0 Å². The SMILES string of the molecule is Cc1c(NC(=O)N[C@@H](C)CO)cccc1-c1cc(Nc2ccc(C(=O)N3CCOCC3)cn2)c2nccn2c1. The molecule has 4 heterocycles. The molecule has 0 saturated carbocycles. The van der Waals surface area contributed by atoms with E-state index in [1.54, 1.807) is 36.4 Å². The smallest absolute Gasteiger partial charge is 0.319 e. The van der Waals surface area contributed by atoms with Crippen molar-refractivity contribution in [3.05, 3.63) is 72.3 Å². The molecule has 0 unspecified atom stereocenters. The van der Waals surface area contributed by atoms with Crippen molar-refractivity contribution in [2.75, 3.05) is 43.5 Å². The van der Waals surface area contributed by atoms with E-state index in [4.69, 9.17) is 4.74 Å². The van der Waals surface area contributed by atoms with E-state index in [9.17, 15) is 14.7 Å². The van der Waals surface area contributed by atoms with Gasteiger partial charge in [0.05, 0.1) is 37.1 Å². The summed E-state index contributed by atoms with van der Waals surface area (Å²) in [4.78, 5) is 35.8. The van der Waals surface area contributed by atoms with Crippen LogP contribution in [-0.4, -0.2) is 75.3 Å². The number of carbonyl (C=O) groups excluding carboxylic acids is 2. The molecule has 4 aromatic rings. The zero-order valence-electron chi connectivity index (χ0n) is 21.8. The fourth-order valence-corrected chi connectivity index (χ4v) is 4.47. The number of nitrogens with one attached hydrogen (secondary N) is 3. The van der Waals surface area contributed by atoms with E-state index in [0.29, 0.717) is 43.4 Å². The molecule has 5 rings (SSSR count). The predicted molar refractivity (Wildman–Crippen MR) is 148 cm³/mol. The number of urea groups is 1. The molecule has 1 saturated heterocycles. The number of ether oxygens (including phenoxy) is 1. The Balaban J connectivity index is 1.40. The Morgan fingerprint density at radius 3 is 2.69 bits per heavy atom. The zero-order valence-corrected chi connectivity index (χ0v) is 21.8. The van der Waals surface area contributed by atoms with Gasteiger partial charge in [0.2, 0.25) is 0 Å². The number of carbonyl (C=O) groups is 2. The fourth-order valence-electron chi connectivity index (χ4n) is 4.47. The predicted octanol–water partition coefficient (Wildman–Crippen LogP) is 3.42. The minimum absolute atomic E-state index is 0.0570. The number of benzene rings is 1. The molecule has 1 aromatic carbocycles. The van der Waals surface area contributed by atoms with E-state index in [0.717, 1.165) is 28.0 Å². The Bertz CT molecular complexity index is 1480. The lowest BCUT2D eigenvalue weighted by atomic mass is 10.00. The summed E-state index contributed by atoms with van der Waals surface area (Å²) >= 11 is 0. The van der Waals surface area contributed by atoms with Crippen molar-refractivity contribution in [3.8, 4) is 11.1 Å². The molecule has 0 bridgehead atoms. The van der Waals surface area contributed by atoms with Crippen LogP contribution in [0.2, 0.25) is 0 Å². The van der Waals surface area contributed by atoms with Gasteiger partial charge in [0, 0.05) is 49.1 Å². The topological polar surface area (TPSA) is 133 Å². The molecule has 1 aliphatic heterocycles. The summed E-state index contributed by atoms with van der Waals surface area (Å²) in [5.41, 5.74) is 5.38. The third-order valence-corrected chi connectivity index (χ3v) is 6.60. The summed E-state index contributed by atoms with van der Waals surface area (Å²) in [6.07, 6.45) is 7.14. The molecule has 1 atom stereocenters. The highest BCUT2D eigenvalue weighted by molar-refractivity contribution is 5.94. The number of fused-ring (bicyclic) bond motifs is 1. The van der Waals surface area contributed by atoms with Gasteiger partial charge in [-0.1, -0.05) is 12.1 Å². The van der Waals surface area contributed by atoms with Gasteiger partial charge in [-0.3, -0.25) is 4.79 Å². The Morgan fingerprint density at radius 2 is 1.95 bits per heavy atom. The van der Waals surface area contributed by atoms with Gasteiger partial charge in [-0.2, -0.15) is 0 Å². The van der Waals surface area contributed by atoms with Gasteiger partial charge in [-0.15, -0.1) is 0 Å². The summed E-state index contributed by atoms with van der Waals surface area (Å²) in [6, 6.07) is 10.5. The molecule has 1 fully saturated rings. The van der Waals surface area contributed by atoms with Crippen molar-refractivity contribution in [2.24, 2.45) is 0 Å². The van der Waals surface area contributed by atoms with Crippen molar-refractivity contribution in [1.82, 2.24) is 24.6 Å². The normalized spacial score (nSPS) is 14.2. The molecule has 202 valence electrons. The molecular formula is C28H31N7O4.